The molecular formula is C16H25ClN2O. The first-order chi connectivity index (χ1) is 9.19. The van der Waals surface area contributed by atoms with Crippen LogP contribution in [0.2, 0.25) is 0 Å². The average molecular weight is 297 g/mol. The van der Waals surface area contributed by atoms with Gasteiger partial charge >= 0.3 is 0 Å². The van der Waals surface area contributed by atoms with Gasteiger partial charge in [-0.05, 0) is 37.0 Å². The number of halogens is 1. The third-order valence-corrected chi connectivity index (χ3v) is 4.08. The number of carbonyl (C=O) groups excluding carboxylic acids is 1. The fourth-order valence-electron chi connectivity index (χ4n) is 2.86. The second kappa shape index (κ2) is 7.65. The van der Waals surface area contributed by atoms with Gasteiger partial charge in [-0.2, -0.15) is 0 Å². The van der Waals surface area contributed by atoms with Gasteiger partial charge < -0.3 is 11.1 Å². The molecule has 0 unspecified atom stereocenters. The number of nitrogens with two attached hydrogens (primary N) is 1. The molecule has 1 aliphatic carbocycles. The largest absolute Gasteiger partial charge is 0.345 e. The molecule has 0 aromatic heterocycles. The summed E-state index contributed by atoms with van der Waals surface area (Å²) in [5, 5.41) is 3.15. The van der Waals surface area contributed by atoms with E-state index in [2.05, 4.69) is 12.2 Å². The number of hydrogen-bond acceptors (Lipinski definition) is 2. The van der Waals surface area contributed by atoms with Crippen molar-refractivity contribution >= 4 is 18.3 Å². The summed E-state index contributed by atoms with van der Waals surface area (Å²) in [6, 6.07) is 7.92. The van der Waals surface area contributed by atoms with Crippen molar-refractivity contribution < 1.29 is 4.79 Å². The molecule has 1 fully saturated rings. The van der Waals surface area contributed by atoms with E-state index < -0.39 is 0 Å². The fraction of sp³-hybridized carbons (Fsp3) is 0.562. The highest BCUT2D eigenvalue weighted by Crippen LogP contribution is 2.28. The summed E-state index contributed by atoms with van der Waals surface area (Å²) < 4.78 is 0. The number of nitrogens with one attached hydrogen (secondary N) is 1. The molecule has 1 aromatic carbocycles. The second-order valence-corrected chi connectivity index (χ2v) is 5.59. The lowest BCUT2D eigenvalue weighted by molar-refractivity contribution is 0.0903. The minimum Gasteiger partial charge on any atom is -0.345 e. The van der Waals surface area contributed by atoms with Gasteiger partial charge in [0.2, 0.25) is 0 Å². The predicted octanol–water partition coefficient (Wildman–Crippen LogP) is 3.06. The Bertz CT molecular complexity index is 425. The summed E-state index contributed by atoms with van der Waals surface area (Å²) in [7, 11) is 0. The highest BCUT2D eigenvalue weighted by atomic mass is 35.5. The number of rotatable bonds is 5. The summed E-state index contributed by atoms with van der Waals surface area (Å²) >= 11 is 0. The first-order valence-corrected chi connectivity index (χ1v) is 7.31. The van der Waals surface area contributed by atoms with Gasteiger partial charge in [-0.3, -0.25) is 4.79 Å². The van der Waals surface area contributed by atoms with Crippen LogP contribution >= 0.6 is 12.4 Å². The van der Waals surface area contributed by atoms with E-state index in [-0.39, 0.29) is 23.9 Å². The molecule has 0 aliphatic heterocycles. The second-order valence-electron chi connectivity index (χ2n) is 5.59. The van der Waals surface area contributed by atoms with Crippen LogP contribution in [-0.2, 0) is 6.42 Å². The number of aryl methyl sites for hydroxylation is 1. The maximum atomic E-state index is 12.3. The number of amides is 1. The molecule has 1 amide bonds. The van der Waals surface area contributed by atoms with Gasteiger partial charge in [0.05, 0.1) is 5.54 Å². The zero-order chi connectivity index (χ0) is 13.7. The van der Waals surface area contributed by atoms with Gasteiger partial charge in [0, 0.05) is 12.1 Å². The molecule has 0 spiro atoms. The van der Waals surface area contributed by atoms with E-state index in [1.807, 2.05) is 24.3 Å². The van der Waals surface area contributed by atoms with E-state index >= 15 is 0 Å². The van der Waals surface area contributed by atoms with Crippen molar-refractivity contribution in [1.82, 2.24) is 5.32 Å². The SMILES string of the molecule is CCCc1ccc(C(=O)NC2(CN)CCCC2)cc1.Cl. The first kappa shape index (κ1) is 17.0. The van der Waals surface area contributed by atoms with E-state index in [0.29, 0.717) is 6.54 Å². The van der Waals surface area contributed by atoms with Crippen molar-refractivity contribution in [1.29, 1.82) is 0 Å². The topological polar surface area (TPSA) is 55.1 Å². The molecule has 4 heteroatoms. The number of carbonyl (C=O) groups is 1. The summed E-state index contributed by atoms with van der Waals surface area (Å²) in [6.07, 6.45) is 6.52. The predicted molar refractivity (Wildman–Crippen MR) is 85.4 cm³/mol. The van der Waals surface area contributed by atoms with Crippen molar-refractivity contribution in [3.63, 3.8) is 0 Å². The monoisotopic (exact) mass is 296 g/mol. The van der Waals surface area contributed by atoms with Crippen LogP contribution < -0.4 is 11.1 Å². The van der Waals surface area contributed by atoms with Crippen LogP contribution in [0.4, 0.5) is 0 Å². The Hall–Kier alpha value is -1.06. The lowest BCUT2D eigenvalue weighted by atomic mass is 9.97. The van der Waals surface area contributed by atoms with Crippen LogP contribution in [0.1, 0.15) is 54.9 Å². The van der Waals surface area contributed by atoms with Gasteiger partial charge in [0.1, 0.15) is 0 Å². The molecule has 0 heterocycles. The number of benzene rings is 1. The van der Waals surface area contributed by atoms with E-state index in [9.17, 15) is 4.79 Å². The van der Waals surface area contributed by atoms with Gasteiger partial charge in [-0.15, -0.1) is 12.4 Å². The van der Waals surface area contributed by atoms with E-state index in [1.165, 1.54) is 5.56 Å². The molecule has 1 aromatic rings. The first-order valence-electron chi connectivity index (χ1n) is 7.31. The zero-order valence-corrected chi connectivity index (χ0v) is 13.0. The smallest absolute Gasteiger partial charge is 0.251 e. The Morgan fingerprint density at radius 3 is 2.35 bits per heavy atom. The Balaban J connectivity index is 0.00000200. The van der Waals surface area contributed by atoms with E-state index in [4.69, 9.17) is 5.73 Å². The normalized spacial score (nSPS) is 16.5. The summed E-state index contributed by atoms with van der Waals surface area (Å²) in [4.78, 5) is 12.3. The van der Waals surface area contributed by atoms with Crippen LogP contribution in [0.5, 0.6) is 0 Å². The van der Waals surface area contributed by atoms with Crippen LogP contribution in [0, 0.1) is 0 Å². The average Bonchev–Trinajstić information content (AvgIpc) is 2.89. The Morgan fingerprint density at radius 2 is 1.85 bits per heavy atom. The van der Waals surface area contributed by atoms with Crippen molar-refractivity contribution in [3.05, 3.63) is 35.4 Å². The molecule has 0 radical (unpaired) electrons. The van der Waals surface area contributed by atoms with Crippen molar-refractivity contribution in [2.45, 2.75) is 51.0 Å². The molecule has 0 saturated heterocycles. The Morgan fingerprint density at radius 1 is 1.25 bits per heavy atom. The van der Waals surface area contributed by atoms with Crippen LogP contribution in [-0.4, -0.2) is 18.0 Å². The zero-order valence-electron chi connectivity index (χ0n) is 12.2. The summed E-state index contributed by atoms with van der Waals surface area (Å²) in [5.74, 6) is 0.00963. The molecule has 20 heavy (non-hydrogen) atoms. The molecular weight excluding hydrogens is 272 g/mol. The van der Waals surface area contributed by atoms with Gasteiger partial charge in [-0.25, -0.2) is 0 Å². The van der Waals surface area contributed by atoms with Crippen molar-refractivity contribution in [2.24, 2.45) is 5.73 Å². The minimum atomic E-state index is -0.167. The molecule has 1 saturated carbocycles. The molecule has 0 atom stereocenters. The Kier molecular flexibility index (Phi) is 6.50. The van der Waals surface area contributed by atoms with E-state index in [0.717, 1.165) is 44.1 Å². The molecule has 3 nitrogen and oxygen atoms in total. The third kappa shape index (κ3) is 3.97. The highest BCUT2D eigenvalue weighted by molar-refractivity contribution is 5.94. The lowest BCUT2D eigenvalue weighted by Crippen LogP contribution is -2.51. The van der Waals surface area contributed by atoms with Gasteiger partial charge in [0.25, 0.3) is 5.91 Å². The quantitative estimate of drug-likeness (QED) is 0.877. The maximum absolute atomic E-state index is 12.3. The fourth-order valence-corrected chi connectivity index (χ4v) is 2.86. The highest BCUT2D eigenvalue weighted by Gasteiger charge is 2.33. The molecule has 0 bridgehead atoms. The molecule has 112 valence electrons. The van der Waals surface area contributed by atoms with Crippen molar-refractivity contribution in [2.75, 3.05) is 6.54 Å². The minimum absolute atomic E-state index is 0. The van der Waals surface area contributed by atoms with Crippen molar-refractivity contribution in [3.8, 4) is 0 Å². The van der Waals surface area contributed by atoms with Gasteiger partial charge in [0.15, 0.2) is 0 Å². The summed E-state index contributed by atoms with van der Waals surface area (Å²) in [5.41, 5.74) is 7.70. The third-order valence-electron chi connectivity index (χ3n) is 4.08. The van der Waals surface area contributed by atoms with E-state index in [1.54, 1.807) is 0 Å². The Labute approximate surface area is 127 Å². The molecule has 1 aliphatic rings. The van der Waals surface area contributed by atoms with Crippen LogP contribution in [0.15, 0.2) is 24.3 Å². The van der Waals surface area contributed by atoms with Crippen LogP contribution in [0.3, 0.4) is 0 Å². The molecule has 2 rings (SSSR count). The maximum Gasteiger partial charge on any atom is 0.251 e. The lowest BCUT2D eigenvalue weighted by Gasteiger charge is -2.28. The number of hydrogen-bond donors (Lipinski definition) is 2. The molecule has 3 N–H and O–H groups in total. The summed E-state index contributed by atoms with van der Waals surface area (Å²) in [6.45, 7) is 2.69. The van der Waals surface area contributed by atoms with Crippen LogP contribution in [0.25, 0.3) is 0 Å². The van der Waals surface area contributed by atoms with Gasteiger partial charge in [-0.1, -0.05) is 38.3 Å². The standard InChI is InChI=1S/C16H24N2O.ClH/c1-2-5-13-6-8-14(9-7-13)15(19)18-16(12-17)10-3-4-11-16;/h6-9H,2-5,10-12,17H2,1H3,(H,18,19);1H.